The summed E-state index contributed by atoms with van der Waals surface area (Å²) in [6, 6.07) is -0.0171. The van der Waals surface area contributed by atoms with Gasteiger partial charge >= 0.3 is 33.3 Å². The molecule has 0 aromatic heterocycles. The summed E-state index contributed by atoms with van der Waals surface area (Å²) in [7, 11) is -6.28. The molecule has 2 aromatic carbocycles. The molecule has 0 N–H and O–H groups in total. The lowest BCUT2D eigenvalue weighted by Crippen LogP contribution is -2.64. The minimum Gasteiger partial charge on any atom is -0.362 e. The van der Waals surface area contributed by atoms with Crippen LogP contribution in [0.2, 0.25) is 0 Å². The van der Waals surface area contributed by atoms with Crippen LogP contribution in [0.4, 0.5) is 61.5 Å². The molecule has 0 amide bonds. The average molecular weight is 548 g/mol. The Morgan fingerprint density at radius 2 is 0.800 bits per heavy atom. The summed E-state index contributed by atoms with van der Waals surface area (Å²) in [5.74, 6) is -3.46. The van der Waals surface area contributed by atoms with Crippen LogP contribution in [0.25, 0.3) is 0 Å². The Kier molecular flexibility index (Phi) is 5.04. The van der Waals surface area contributed by atoms with Gasteiger partial charge in [0, 0.05) is 21.5 Å². The Morgan fingerprint density at radius 1 is 0.514 bits per heavy atom. The van der Waals surface area contributed by atoms with Crippen molar-refractivity contribution in [3.8, 4) is 0 Å². The molecule has 0 saturated carbocycles. The van der Waals surface area contributed by atoms with Crippen molar-refractivity contribution < 1.29 is 70.3 Å². The molecule has 0 saturated heterocycles. The number of fused-ring (bicyclic) bond motifs is 4. The number of hydrogen-bond acceptors (Lipinski definition) is 2. The smallest absolute Gasteiger partial charge is 0.362 e. The number of halogens is 14. The summed E-state index contributed by atoms with van der Waals surface area (Å²) < 4.78 is 204. The van der Waals surface area contributed by atoms with Crippen LogP contribution in [0.3, 0.4) is 0 Å². The molecule has 0 fully saturated rings. The first-order chi connectivity index (χ1) is 15.7. The molecule has 0 radical (unpaired) electrons. The second-order valence-electron chi connectivity index (χ2n) is 7.55. The lowest BCUT2D eigenvalue weighted by Gasteiger charge is -2.38. The predicted molar refractivity (Wildman–Crippen MR) is 87.6 cm³/mol. The third kappa shape index (κ3) is 3.03. The molecule has 192 valence electrons. The van der Waals surface area contributed by atoms with E-state index in [9.17, 15) is 61.5 Å². The van der Waals surface area contributed by atoms with E-state index in [1.165, 1.54) is 0 Å². The summed E-state index contributed by atoms with van der Waals surface area (Å²) in [4.78, 5) is 0. The molecule has 2 aliphatic rings. The quantitative estimate of drug-likeness (QED) is 0.332. The van der Waals surface area contributed by atoms with Gasteiger partial charge in [0.2, 0.25) is 0 Å². The molecule has 35 heavy (non-hydrogen) atoms. The van der Waals surface area contributed by atoms with Gasteiger partial charge in [-0.15, -0.1) is 0 Å². The lowest BCUT2D eigenvalue weighted by molar-refractivity contribution is -0.381. The van der Waals surface area contributed by atoms with Crippen molar-refractivity contribution in [2.24, 2.45) is 0 Å². The van der Waals surface area contributed by atoms with E-state index >= 15 is 0 Å². The number of rotatable bonds is 0. The number of benzene rings is 2. The number of alkyl halides is 12. The van der Waals surface area contributed by atoms with Crippen LogP contribution >= 0.6 is 0 Å². The fraction of sp³-hybridized carbons (Fsp3) is 0.333. The van der Waals surface area contributed by atoms with E-state index in [4.69, 9.17) is 0 Å². The summed E-state index contributed by atoms with van der Waals surface area (Å²) in [5.41, 5.74) is -15.4. The van der Waals surface area contributed by atoms with Crippen molar-refractivity contribution in [1.29, 1.82) is 0 Å². The van der Waals surface area contributed by atoms with Crippen LogP contribution in [0.1, 0.15) is 11.1 Å². The van der Waals surface area contributed by atoms with Crippen LogP contribution in [0.15, 0.2) is 36.4 Å². The van der Waals surface area contributed by atoms with Gasteiger partial charge in [0.25, 0.3) is 11.2 Å². The third-order valence-corrected chi connectivity index (χ3v) is 9.10. The van der Waals surface area contributed by atoms with E-state index < -0.39 is 77.6 Å². The Morgan fingerprint density at radius 3 is 1.06 bits per heavy atom. The van der Waals surface area contributed by atoms with Gasteiger partial charge < -0.3 is 8.85 Å². The van der Waals surface area contributed by atoms with Crippen LogP contribution in [-0.4, -0.2) is 33.3 Å². The van der Waals surface area contributed by atoms with Gasteiger partial charge in [-0.05, 0) is 24.3 Å². The molecule has 0 unspecified atom stereocenters. The lowest BCUT2D eigenvalue weighted by atomic mass is 9.92. The summed E-state index contributed by atoms with van der Waals surface area (Å²) >= 11 is 0. The molecule has 2 aliphatic heterocycles. The summed E-state index contributed by atoms with van der Waals surface area (Å²) in [5, 5.41) is -3.01. The number of hydrogen-bond donors (Lipinski definition) is 0. The molecule has 17 heteroatoms. The van der Waals surface area contributed by atoms with Crippen LogP contribution < -0.4 is 10.4 Å². The van der Waals surface area contributed by atoms with E-state index in [1.54, 1.807) is 0 Å². The second kappa shape index (κ2) is 6.87. The van der Waals surface area contributed by atoms with E-state index in [-0.39, 0.29) is 36.4 Å². The minimum absolute atomic E-state index is 0.131. The Balaban J connectivity index is 2.19. The van der Waals surface area contributed by atoms with Crippen LogP contribution in [0.5, 0.6) is 0 Å². The fourth-order valence-corrected chi connectivity index (χ4v) is 8.41. The zero-order valence-electron chi connectivity index (χ0n) is 16.1. The SMILES string of the molecule is Fc1ccc2c(c1)C(C(F)(F)F)(C(F)(F)F)O[Si]21OC(C(F)(F)F)(C(F)(F)F)c2cc(F)ccc21. The predicted octanol–water partition coefficient (Wildman–Crippen LogP) is 5.22. The molecule has 2 aromatic rings. The van der Waals surface area contributed by atoms with Gasteiger partial charge in [-0.3, -0.25) is 0 Å². The van der Waals surface area contributed by atoms with Crippen molar-refractivity contribution in [3.63, 3.8) is 0 Å². The molecular weight excluding hydrogens is 542 g/mol. The Bertz CT molecular complexity index is 1070. The van der Waals surface area contributed by atoms with Crippen molar-refractivity contribution in [2.45, 2.75) is 35.9 Å². The molecule has 2 nitrogen and oxygen atoms in total. The van der Waals surface area contributed by atoms with Crippen molar-refractivity contribution in [1.82, 2.24) is 0 Å². The van der Waals surface area contributed by atoms with Gasteiger partial charge in [0.1, 0.15) is 11.6 Å². The topological polar surface area (TPSA) is 18.5 Å². The first kappa shape index (κ1) is 25.7. The maximum atomic E-state index is 14.0. The largest absolute Gasteiger partial charge is 0.429 e. The monoisotopic (exact) mass is 548 g/mol. The molecule has 1 spiro atoms. The van der Waals surface area contributed by atoms with Gasteiger partial charge in [0.15, 0.2) is 0 Å². The van der Waals surface area contributed by atoms with Gasteiger partial charge in [-0.25, -0.2) is 8.78 Å². The van der Waals surface area contributed by atoms with Gasteiger partial charge in [-0.1, -0.05) is 12.1 Å². The van der Waals surface area contributed by atoms with E-state index in [0.717, 1.165) is 0 Å². The normalized spacial score (nSPS) is 20.7. The highest BCUT2D eigenvalue weighted by Crippen LogP contribution is 2.62. The first-order valence-electron chi connectivity index (χ1n) is 8.94. The Labute approximate surface area is 185 Å². The highest BCUT2D eigenvalue weighted by atomic mass is 28.4. The zero-order valence-corrected chi connectivity index (χ0v) is 17.1. The van der Waals surface area contributed by atoms with Crippen LogP contribution in [0, 0.1) is 11.6 Å². The zero-order chi connectivity index (χ0) is 26.6. The maximum absolute atomic E-state index is 14.0. The molecular formula is C18H6F14O2Si. The van der Waals surface area contributed by atoms with Crippen molar-refractivity contribution in [3.05, 3.63) is 59.2 Å². The fourth-order valence-electron chi connectivity index (χ4n) is 4.28. The van der Waals surface area contributed by atoms with E-state index in [2.05, 4.69) is 8.85 Å². The Hall–Kier alpha value is -2.40. The molecule has 4 rings (SSSR count). The molecule has 2 heterocycles. The molecule has 0 aliphatic carbocycles. The van der Waals surface area contributed by atoms with Gasteiger partial charge in [-0.2, -0.15) is 52.7 Å². The summed E-state index contributed by atoms with van der Waals surface area (Å²) in [6.45, 7) is 0. The average Bonchev–Trinajstić information content (AvgIpc) is 3.12. The standard InChI is InChI=1S/C18H6F14O2Si/c19-7-1-3-11-9(5-7)13(15(21,22)23,16(24,25)26)33-35(11)12-4-2-8(20)6-10(12)14(34-35,17(27,28)29)18(30,31)32/h1-6H. The van der Waals surface area contributed by atoms with Crippen molar-refractivity contribution >= 4 is 18.9 Å². The van der Waals surface area contributed by atoms with E-state index in [1.807, 2.05) is 0 Å². The van der Waals surface area contributed by atoms with Gasteiger partial charge in [0.05, 0.1) is 0 Å². The summed E-state index contributed by atoms with van der Waals surface area (Å²) in [6.07, 6.45) is -26.2. The van der Waals surface area contributed by atoms with Crippen LogP contribution in [-0.2, 0) is 20.1 Å². The second-order valence-corrected chi connectivity index (χ2v) is 10.3. The van der Waals surface area contributed by atoms with E-state index in [0.29, 0.717) is 0 Å². The molecule has 0 bridgehead atoms. The highest BCUT2D eigenvalue weighted by molar-refractivity contribution is 6.94. The molecule has 0 atom stereocenters. The maximum Gasteiger partial charge on any atom is 0.429 e. The van der Waals surface area contributed by atoms with Crippen molar-refractivity contribution in [2.75, 3.05) is 0 Å². The minimum atomic E-state index is -6.56. The first-order valence-corrected chi connectivity index (χ1v) is 10.8. The third-order valence-electron chi connectivity index (χ3n) is 5.62. The highest BCUT2D eigenvalue weighted by Gasteiger charge is 2.87.